The summed E-state index contributed by atoms with van der Waals surface area (Å²) in [6.07, 6.45) is 1.81. The molecule has 1 saturated carbocycles. The average molecular weight is 328 g/mol. The first-order valence-electron chi connectivity index (χ1n) is 7.49. The number of nitriles is 1. The zero-order chi connectivity index (χ0) is 17.0. The Kier molecular flexibility index (Phi) is 3.14. The van der Waals surface area contributed by atoms with E-state index in [1.807, 2.05) is 6.07 Å². The monoisotopic (exact) mass is 328 g/mol. The van der Waals surface area contributed by atoms with E-state index < -0.39 is 17.5 Å². The Morgan fingerprint density at radius 1 is 1.25 bits per heavy atom. The molecule has 1 aliphatic rings. The molecule has 0 amide bonds. The minimum Gasteiger partial charge on any atom is -0.437 e. The van der Waals surface area contributed by atoms with Crippen LogP contribution in [-0.2, 0) is 0 Å². The van der Waals surface area contributed by atoms with Gasteiger partial charge in [0.1, 0.15) is 23.2 Å². The normalized spacial score (nSPS) is 14.1. The zero-order valence-corrected chi connectivity index (χ0v) is 12.7. The van der Waals surface area contributed by atoms with E-state index in [0.717, 1.165) is 31.0 Å². The molecule has 24 heavy (non-hydrogen) atoms. The van der Waals surface area contributed by atoms with E-state index in [-0.39, 0.29) is 39.3 Å². The fourth-order valence-corrected chi connectivity index (χ4v) is 2.89. The Morgan fingerprint density at radius 3 is 2.67 bits per heavy atom. The van der Waals surface area contributed by atoms with Gasteiger partial charge in [-0.05, 0) is 43.5 Å². The van der Waals surface area contributed by atoms with Crippen molar-refractivity contribution in [2.45, 2.75) is 25.7 Å². The van der Waals surface area contributed by atoms with Crippen LogP contribution in [0.25, 0.3) is 22.2 Å². The molecule has 3 aromatic rings. The summed E-state index contributed by atoms with van der Waals surface area (Å²) in [6, 6.07) is 4.77. The first-order chi connectivity index (χ1) is 11.5. The number of rotatable bonds is 2. The second kappa shape index (κ2) is 5.10. The number of benzene rings is 2. The molecular formula is C18H11F3N2O. The van der Waals surface area contributed by atoms with Gasteiger partial charge in [-0.15, -0.1) is 0 Å². The topological polar surface area (TPSA) is 49.8 Å². The van der Waals surface area contributed by atoms with Crippen molar-refractivity contribution in [3.63, 3.8) is 0 Å². The molecule has 0 N–H and O–H groups in total. The van der Waals surface area contributed by atoms with Gasteiger partial charge in [-0.1, -0.05) is 0 Å². The summed E-state index contributed by atoms with van der Waals surface area (Å²) in [5.41, 5.74) is -0.140. The number of nitrogens with zero attached hydrogens (tertiary/aromatic N) is 2. The van der Waals surface area contributed by atoms with Gasteiger partial charge in [0.25, 0.3) is 0 Å². The summed E-state index contributed by atoms with van der Waals surface area (Å²) in [5.74, 6) is -1.77. The molecule has 1 aliphatic carbocycles. The Hall–Kier alpha value is -2.81. The van der Waals surface area contributed by atoms with Gasteiger partial charge in [0.15, 0.2) is 17.3 Å². The summed E-state index contributed by atoms with van der Waals surface area (Å²) in [4.78, 5) is 4.24. The number of fused-ring (bicyclic) bond motifs is 1. The predicted molar refractivity (Wildman–Crippen MR) is 80.7 cm³/mol. The molecule has 4 rings (SSSR count). The maximum absolute atomic E-state index is 15.0. The van der Waals surface area contributed by atoms with Gasteiger partial charge in [-0.3, -0.25) is 0 Å². The quantitative estimate of drug-likeness (QED) is 0.667. The van der Waals surface area contributed by atoms with Crippen molar-refractivity contribution in [3.05, 3.63) is 52.7 Å². The zero-order valence-electron chi connectivity index (χ0n) is 12.7. The molecule has 0 aliphatic heterocycles. The van der Waals surface area contributed by atoms with Crippen LogP contribution in [0.5, 0.6) is 0 Å². The maximum atomic E-state index is 15.0. The molecule has 0 saturated heterocycles. The van der Waals surface area contributed by atoms with E-state index in [4.69, 9.17) is 4.42 Å². The minimum atomic E-state index is -0.828. The fraction of sp³-hybridized carbons (Fsp3) is 0.222. The lowest BCUT2D eigenvalue weighted by molar-refractivity contribution is 0.508. The van der Waals surface area contributed by atoms with E-state index >= 15 is 4.39 Å². The summed E-state index contributed by atoms with van der Waals surface area (Å²) in [5, 5.41) is 9.44. The van der Waals surface area contributed by atoms with Crippen LogP contribution in [0.4, 0.5) is 13.2 Å². The van der Waals surface area contributed by atoms with E-state index in [1.54, 1.807) is 0 Å². The molecule has 1 aromatic heterocycles. The summed E-state index contributed by atoms with van der Waals surface area (Å²) < 4.78 is 48.2. The molecule has 0 spiro atoms. The molecule has 1 fully saturated rings. The van der Waals surface area contributed by atoms with Crippen molar-refractivity contribution in [1.29, 1.82) is 5.26 Å². The van der Waals surface area contributed by atoms with Crippen LogP contribution >= 0.6 is 0 Å². The largest absolute Gasteiger partial charge is 0.437 e. The molecule has 2 aromatic carbocycles. The van der Waals surface area contributed by atoms with Crippen molar-refractivity contribution in [3.8, 4) is 17.2 Å². The van der Waals surface area contributed by atoms with Crippen molar-refractivity contribution in [1.82, 2.24) is 4.98 Å². The average Bonchev–Trinajstić information content (AvgIpc) is 3.31. The summed E-state index contributed by atoms with van der Waals surface area (Å²) in [7, 11) is 0. The third-order valence-electron chi connectivity index (χ3n) is 4.29. The highest BCUT2D eigenvalue weighted by atomic mass is 19.1. The predicted octanol–water partition coefficient (Wildman–Crippen LogP) is 4.97. The highest BCUT2D eigenvalue weighted by molar-refractivity contribution is 5.89. The first kappa shape index (κ1) is 14.8. The molecule has 6 heteroatoms. The van der Waals surface area contributed by atoms with Crippen LogP contribution in [-0.4, -0.2) is 4.98 Å². The van der Waals surface area contributed by atoms with E-state index in [1.165, 1.54) is 6.92 Å². The highest BCUT2D eigenvalue weighted by Gasteiger charge is 2.32. The van der Waals surface area contributed by atoms with Crippen molar-refractivity contribution < 1.29 is 17.6 Å². The maximum Gasteiger partial charge on any atom is 0.198 e. The van der Waals surface area contributed by atoms with Crippen LogP contribution in [0.1, 0.15) is 35.8 Å². The molecular weight excluding hydrogens is 317 g/mol. The van der Waals surface area contributed by atoms with Crippen LogP contribution in [0.15, 0.2) is 22.6 Å². The lowest BCUT2D eigenvalue weighted by atomic mass is 9.94. The fourth-order valence-electron chi connectivity index (χ4n) is 2.89. The molecule has 0 bridgehead atoms. The SMILES string of the molecule is Cc1c(-c2cc(F)ccc2F)c(F)c2oc(C3CC3)nc2c1C#N. The summed E-state index contributed by atoms with van der Waals surface area (Å²) in [6.45, 7) is 1.49. The number of hydrogen-bond acceptors (Lipinski definition) is 3. The van der Waals surface area contributed by atoms with Gasteiger partial charge in [0.05, 0.1) is 5.56 Å². The Labute approximate surface area is 135 Å². The number of hydrogen-bond donors (Lipinski definition) is 0. The number of oxazole rings is 1. The van der Waals surface area contributed by atoms with Gasteiger partial charge in [-0.25, -0.2) is 18.2 Å². The van der Waals surface area contributed by atoms with Crippen molar-refractivity contribution in [2.75, 3.05) is 0 Å². The lowest BCUT2D eigenvalue weighted by Crippen LogP contribution is -1.98. The van der Waals surface area contributed by atoms with Crippen molar-refractivity contribution in [2.24, 2.45) is 0 Å². The molecule has 0 atom stereocenters. The molecule has 3 nitrogen and oxygen atoms in total. The van der Waals surface area contributed by atoms with E-state index in [0.29, 0.717) is 5.89 Å². The van der Waals surface area contributed by atoms with Crippen LogP contribution in [0, 0.1) is 35.7 Å². The number of aromatic nitrogens is 1. The van der Waals surface area contributed by atoms with Gasteiger partial charge in [0, 0.05) is 17.0 Å². The van der Waals surface area contributed by atoms with E-state index in [9.17, 15) is 14.0 Å². The highest BCUT2D eigenvalue weighted by Crippen LogP contribution is 2.43. The van der Waals surface area contributed by atoms with Gasteiger partial charge >= 0.3 is 0 Å². The van der Waals surface area contributed by atoms with Crippen LogP contribution < -0.4 is 0 Å². The molecule has 0 radical (unpaired) electrons. The smallest absolute Gasteiger partial charge is 0.198 e. The molecule has 1 heterocycles. The Bertz CT molecular complexity index is 1030. The van der Waals surface area contributed by atoms with Gasteiger partial charge < -0.3 is 4.42 Å². The second-order valence-electron chi connectivity index (χ2n) is 5.93. The van der Waals surface area contributed by atoms with E-state index in [2.05, 4.69) is 4.98 Å². The first-order valence-corrected chi connectivity index (χ1v) is 7.49. The molecule has 120 valence electrons. The van der Waals surface area contributed by atoms with Gasteiger partial charge in [-0.2, -0.15) is 5.26 Å². The third kappa shape index (κ3) is 2.08. The van der Waals surface area contributed by atoms with Crippen molar-refractivity contribution >= 4 is 11.1 Å². The van der Waals surface area contributed by atoms with Crippen LogP contribution in [0.3, 0.4) is 0 Å². The van der Waals surface area contributed by atoms with Crippen LogP contribution in [0.2, 0.25) is 0 Å². The lowest BCUT2D eigenvalue weighted by Gasteiger charge is -2.11. The Morgan fingerprint density at radius 2 is 2.00 bits per heavy atom. The Balaban J connectivity index is 2.09. The molecule has 0 unspecified atom stereocenters. The standard InChI is InChI=1S/C18H11F3N2O/c1-8-12(7-22)16-17(24-18(23-16)9-2-3-9)15(21)14(8)11-6-10(19)4-5-13(11)20/h4-6,9H,2-3H2,1H3. The third-order valence-corrected chi connectivity index (χ3v) is 4.29. The number of halogens is 3. The second-order valence-corrected chi connectivity index (χ2v) is 5.93. The minimum absolute atomic E-state index is 0.112. The van der Waals surface area contributed by atoms with Gasteiger partial charge in [0.2, 0.25) is 0 Å². The summed E-state index contributed by atoms with van der Waals surface area (Å²) >= 11 is 0.